The maximum atomic E-state index is 10.7. The predicted molar refractivity (Wildman–Crippen MR) is 51.1 cm³/mol. The molecule has 1 atom stereocenters. The Morgan fingerprint density at radius 2 is 1.92 bits per heavy atom. The second-order valence-electron chi connectivity index (χ2n) is 2.93. The third-order valence-electron chi connectivity index (χ3n) is 1.72. The normalized spacial score (nSPS) is 14.4. The third-order valence-corrected chi connectivity index (χ3v) is 2.85. The maximum absolute atomic E-state index is 10.7. The highest BCUT2D eigenvalue weighted by Crippen LogP contribution is 2.07. The van der Waals surface area contributed by atoms with E-state index in [0.29, 0.717) is 6.61 Å². The molecule has 13 heavy (non-hydrogen) atoms. The standard InChI is InChI=1S/C8H18O4S/c1-3-5-6-7-12-8(4-2)13(9,10)11/h8H,3-7H2,1-2H3,(H,9,10,11). The van der Waals surface area contributed by atoms with Crippen LogP contribution in [0.25, 0.3) is 0 Å². The average molecular weight is 210 g/mol. The van der Waals surface area contributed by atoms with Gasteiger partial charge in [-0.2, -0.15) is 8.42 Å². The van der Waals surface area contributed by atoms with Gasteiger partial charge in [0.1, 0.15) is 0 Å². The molecule has 0 aliphatic rings. The van der Waals surface area contributed by atoms with Crippen molar-refractivity contribution in [2.75, 3.05) is 6.61 Å². The Bertz CT molecular complexity index is 210. The van der Waals surface area contributed by atoms with Crippen molar-refractivity contribution in [3.05, 3.63) is 0 Å². The van der Waals surface area contributed by atoms with Gasteiger partial charge >= 0.3 is 0 Å². The highest BCUT2D eigenvalue weighted by atomic mass is 32.2. The molecule has 0 aromatic carbocycles. The van der Waals surface area contributed by atoms with Crippen molar-refractivity contribution in [1.82, 2.24) is 0 Å². The van der Waals surface area contributed by atoms with E-state index in [-0.39, 0.29) is 6.42 Å². The summed E-state index contributed by atoms with van der Waals surface area (Å²) in [5.74, 6) is 0. The molecule has 0 amide bonds. The summed E-state index contributed by atoms with van der Waals surface area (Å²) in [7, 11) is -4.02. The first-order valence-corrected chi connectivity index (χ1v) is 6.10. The van der Waals surface area contributed by atoms with Gasteiger partial charge in [-0.25, -0.2) is 0 Å². The molecular formula is C8H18O4S. The molecule has 0 heterocycles. The molecule has 0 saturated heterocycles. The lowest BCUT2D eigenvalue weighted by molar-refractivity contribution is 0.0933. The zero-order valence-corrected chi connectivity index (χ0v) is 9.01. The molecule has 0 aromatic heterocycles. The highest BCUT2D eigenvalue weighted by molar-refractivity contribution is 7.86. The van der Waals surface area contributed by atoms with Crippen LogP contribution in [-0.4, -0.2) is 25.0 Å². The van der Waals surface area contributed by atoms with Crippen molar-refractivity contribution >= 4 is 10.1 Å². The summed E-state index contributed by atoms with van der Waals surface area (Å²) in [6.45, 7) is 4.12. The molecule has 0 aliphatic heterocycles. The SMILES string of the molecule is CCCCCOC(CC)S(=O)(=O)O. The minimum atomic E-state index is -4.02. The quantitative estimate of drug-likeness (QED) is 0.514. The van der Waals surface area contributed by atoms with E-state index in [1.165, 1.54) is 0 Å². The number of unbranched alkanes of at least 4 members (excludes halogenated alkanes) is 2. The monoisotopic (exact) mass is 210 g/mol. The Morgan fingerprint density at radius 1 is 1.31 bits per heavy atom. The van der Waals surface area contributed by atoms with Gasteiger partial charge in [0.15, 0.2) is 5.44 Å². The molecule has 0 fully saturated rings. The van der Waals surface area contributed by atoms with Gasteiger partial charge < -0.3 is 4.74 Å². The van der Waals surface area contributed by atoms with E-state index in [9.17, 15) is 8.42 Å². The largest absolute Gasteiger partial charge is 0.360 e. The highest BCUT2D eigenvalue weighted by Gasteiger charge is 2.20. The lowest BCUT2D eigenvalue weighted by atomic mass is 10.3. The molecule has 5 heteroatoms. The van der Waals surface area contributed by atoms with E-state index in [1.54, 1.807) is 6.92 Å². The predicted octanol–water partition coefficient (Wildman–Crippen LogP) is 1.82. The second-order valence-corrected chi connectivity index (χ2v) is 4.49. The number of rotatable bonds is 7. The molecular weight excluding hydrogens is 192 g/mol. The first-order valence-electron chi connectivity index (χ1n) is 4.60. The molecule has 0 aromatic rings. The van der Waals surface area contributed by atoms with E-state index in [1.807, 2.05) is 0 Å². The van der Waals surface area contributed by atoms with Crippen LogP contribution in [0.2, 0.25) is 0 Å². The molecule has 1 unspecified atom stereocenters. The van der Waals surface area contributed by atoms with Crippen LogP contribution in [-0.2, 0) is 14.9 Å². The van der Waals surface area contributed by atoms with Gasteiger partial charge in [-0.1, -0.05) is 26.7 Å². The van der Waals surface area contributed by atoms with Crippen molar-refractivity contribution in [2.24, 2.45) is 0 Å². The van der Waals surface area contributed by atoms with Gasteiger partial charge in [0.25, 0.3) is 10.1 Å². The van der Waals surface area contributed by atoms with Crippen LogP contribution in [0.5, 0.6) is 0 Å². The van der Waals surface area contributed by atoms with Crippen molar-refractivity contribution in [3.63, 3.8) is 0 Å². The van der Waals surface area contributed by atoms with Crippen LogP contribution in [0.15, 0.2) is 0 Å². The van der Waals surface area contributed by atoms with Crippen LogP contribution >= 0.6 is 0 Å². The Kier molecular flexibility index (Phi) is 6.28. The van der Waals surface area contributed by atoms with E-state index >= 15 is 0 Å². The topological polar surface area (TPSA) is 63.6 Å². The molecule has 80 valence electrons. The van der Waals surface area contributed by atoms with Gasteiger partial charge in [0.05, 0.1) is 0 Å². The van der Waals surface area contributed by atoms with E-state index in [0.717, 1.165) is 19.3 Å². The summed E-state index contributed by atoms with van der Waals surface area (Å²) >= 11 is 0. The zero-order valence-electron chi connectivity index (χ0n) is 8.19. The summed E-state index contributed by atoms with van der Waals surface area (Å²) in [4.78, 5) is 0. The number of hydrogen-bond donors (Lipinski definition) is 1. The molecule has 0 spiro atoms. The second kappa shape index (κ2) is 6.34. The van der Waals surface area contributed by atoms with Gasteiger partial charge in [-0.3, -0.25) is 4.55 Å². The van der Waals surface area contributed by atoms with E-state index in [4.69, 9.17) is 9.29 Å². The molecule has 0 rings (SSSR count). The van der Waals surface area contributed by atoms with Crippen LogP contribution in [0.1, 0.15) is 39.5 Å². The Balaban J connectivity index is 3.74. The molecule has 0 radical (unpaired) electrons. The lowest BCUT2D eigenvalue weighted by Crippen LogP contribution is -2.23. The first kappa shape index (κ1) is 12.9. The molecule has 0 aliphatic carbocycles. The lowest BCUT2D eigenvalue weighted by Gasteiger charge is -2.12. The minimum Gasteiger partial charge on any atom is -0.360 e. The van der Waals surface area contributed by atoms with Crippen molar-refractivity contribution in [2.45, 2.75) is 45.0 Å². The smallest absolute Gasteiger partial charge is 0.292 e. The Hall–Kier alpha value is -0.130. The third kappa shape index (κ3) is 6.01. The van der Waals surface area contributed by atoms with Gasteiger partial charge in [0.2, 0.25) is 0 Å². The van der Waals surface area contributed by atoms with E-state index < -0.39 is 15.6 Å². The zero-order chi connectivity index (χ0) is 10.3. The average Bonchev–Trinajstić information content (AvgIpc) is 2.02. The minimum absolute atomic E-state index is 0.283. The van der Waals surface area contributed by atoms with Crippen LogP contribution < -0.4 is 0 Å². The van der Waals surface area contributed by atoms with Crippen LogP contribution in [0, 0.1) is 0 Å². The van der Waals surface area contributed by atoms with Crippen molar-refractivity contribution in [3.8, 4) is 0 Å². The fraction of sp³-hybridized carbons (Fsp3) is 1.00. The summed E-state index contributed by atoms with van der Waals surface area (Å²) in [6, 6.07) is 0. The fourth-order valence-corrected chi connectivity index (χ4v) is 1.67. The molecule has 1 N–H and O–H groups in total. The summed E-state index contributed by atoms with van der Waals surface area (Å²) < 4.78 is 35.0. The van der Waals surface area contributed by atoms with Gasteiger partial charge in [0, 0.05) is 6.61 Å². The molecule has 4 nitrogen and oxygen atoms in total. The molecule has 0 bridgehead atoms. The number of ether oxygens (including phenoxy) is 1. The summed E-state index contributed by atoms with van der Waals surface area (Å²) in [5, 5.41) is 0. The van der Waals surface area contributed by atoms with Gasteiger partial charge in [-0.15, -0.1) is 0 Å². The van der Waals surface area contributed by atoms with E-state index in [2.05, 4.69) is 6.92 Å². The van der Waals surface area contributed by atoms with Crippen LogP contribution in [0.4, 0.5) is 0 Å². The number of hydrogen-bond acceptors (Lipinski definition) is 3. The molecule has 0 saturated carbocycles. The van der Waals surface area contributed by atoms with Gasteiger partial charge in [-0.05, 0) is 12.8 Å². The van der Waals surface area contributed by atoms with Crippen molar-refractivity contribution < 1.29 is 17.7 Å². The van der Waals surface area contributed by atoms with Crippen molar-refractivity contribution in [1.29, 1.82) is 0 Å². The Labute approximate surface area is 80.0 Å². The first-order chi connectivity index (χ1) is 6.02. The Morgan fingerprint density at radius 3 is 2.31 bits per heavy atom. The van der Waals surface area contributed by atoms with Crippen LogP contribution in [0.3, 0.4) is 0 Å². The maximum Gasteiger partial charge on any atom is 0.292 e. The summed E-state index contributed by atoms with van der Waals surface area (Å²) in [6.07, 6.45) is 3.20. The fourth-order valence-electron chi connectivity index (χ4n) is 0.981. The summed E-state index contributed by atoms with van der Waals surface area (Å²) in [5.41, 5.74) is -1.05.